The summed E-state index contributed by atoms with van der Waals surface area (Å²) in [5, 5.41) is 0. The van der Waals surface area contributed by atoms with Crippen LogP contribution in [0.1, 0.15) is 48.0 Å². The average molecular weight is 368 g/mol. The quantitative estimate of drug-likeness (QED) is 0.407. The maximum atomic E-state index is 10.4. The largest absolute Gasteiger partial charge is 0.297 e. The molecule has 0 heterocycles. The summed E-state index contributed by atoms with van der Waals surface area (Å²) in [5.41, 5.74) is 0.951. The molecule has 0 aromatic carbocycles. The Bertz CT molecular complexity index is 253. The molecule has 0 aliphatic carbocycles. The summed E-state index contributed by atoms with van der Waals surface area (Å²) >= 11 is 2.29. The summed E-state index contributed by atoms with van der Waals surface area (Å²) < 4.78 is 2.15. The van der Waals surface area contributed by atoms with Crippen molar-refractivity contribution in [3.63, 3.8) is 0 Å². The average Bonchev–Trinajstić information content (AvgIpc) is 2.29. The minimum Gasteiger partial charge on any atom is -0.297 e. The molecule has 0 aliphatic rings. The number of halogens is 1. The molecule has 0 fully saturated rings. The summed E-state index contributed by atoms with van der Waals surface area (Å²) in [6.07, 6.45) is 0.811. The maximum absolute atomic E-state index is 10.4. The van der Waals surface area contributed by atoms with Gasteiger partial charge in [0.2, 0.25) is 0 Å². The lowest BCUT2D eigenvalue weighted by Crippen LogP contribution is -2.44. The Morgan fingerprint density at radius 3 is 2.00 bits per heavy atom. The zero-order valence-corrected chi connectivity index (χ0v) is 15.2. The number of hydrogen-bond acceptors (Lipinski definition) is 3. The van der Waals surface area contributed by atoms with Gasteiger partial charge >= 0.3 is 0 Å². The fourth-order valence-corrected chi connectivity index (χ4v) is 1.61. The van der Waals surface area contributed by atoms with E-state index in [1.807, 2.05) is 26.7 Å². The predicted octanol–water partition coefficient (Wildman–Crippen LogP) is 3.56. The highest BCUT2D eigenvalue weighted by molar-refractivity contribution is 14.1. The molecule has 0 amide bonds. The van der Waals surface area contributed by atoms with Gasteiger partial charge in [-0.15, -0.1) is 0 Å². The number of hydrogen-bond donors (Lipinski definition) is 0. The van der Waals surface area contributed by atoms with Gasteiger partial charge in [-0.3, -0.25) is 4.90 Å². The number of nitrogens with zero attached hydrogens (tertiary/aromatic N) is 2. The minimum absolute atomic E-state index is 0.149. The van der Waals surface area contributed by atoms with E-state index in [4.69, 9.17) is 0 Å². The first-order valence-electron chi connectivity index (χ1n) is 6.60. The first-order chi connectivity index (χ1) is 8.27. The van der Waals surface area contributed by atoms with Crippen molar-refractivity contribution in [3.8, 4) is 0 Å². The van der Waals surface area contributed by atoms with E-state index in [0.29, 0.717) is 0 Å². The van der Waals surface area contributed by atoms with E-state index in [-0.39, 0.29) is 5.54 Å². The van der Waals surface area contributed by atoms with Gasteiger partial charge in [0.05, 0.1) is 0 Å². The minimum atomic E-state index is 0.149. The lowest BCUT2D eigenvalue weighted by Gasteiger charge is -2.36. The molecule has 0 rings (SSSR count). The number of rotatable bonds is 6. The van der Waals surface area contributed by atoms with E-state index in [1.165, 1.54) is 0 Å². The molecule has 0 atom stereocenters. The van der Waals surface area contributed by atoms with Crippen LogP contribution in [0.3, 0.4) is 0 Å². The first-order valence-corrected chi connectivity index (χ1v) is 7.56. The van der Waals surface area contributed by atoms with Crippen LogP contribution >= 0.6 is 22.9 Å². The van der Waals surface area contributed by atoms with Crippen LogP contribution in [0.4, 0.5) is 0 Å². The van der Waals surface area contributed by atoms with E-state index in [9.17, 15) is 4.79 Å². The van der Waals surface area contributed by atoms with E-state index in [2.05, 4.69) is 58.7 Å². The van der Waals surface area contributed by atoms with Gasteiger partial charge in [0.1, 0.15) is 5.94 Å². The molecule has 0 saturated carbocycles. The van der Waals surface area contributed by atoms with E-state index < -0.39 is 0 Å². The predicted molar refractivity (Wildman–Crippen MR) is 88.8 cm³/mol. The van der Waals surface area contributed by atoms with Crippen molar-refractivity contribution in [3.05, 3.63) is 5.57 Å². The van der Waals surface area contributed by atoms with Crippen LogP contribution in [-0.4, -0.2) is 46.2 Å². The molecule has 0 aromatic rings. The highest BCUT2D eigenvalue weighted by Crippen LogP contribution is 2.15. The van der Waals surface area contributed by atoms with Gasteiger partial charge < -0.3 is 0 Å². The molecule has 4 heteroatoms. The lowest BCUT2D eigenvalue weighted by molar-refractivity contribution is 0.135. The second-order valence-corrected chi connectivity index (χ2v) is 6.77. The molecule has 0 unspecified atom stereocenters. The normalized spacial score (nSPS) is 11.0. The second kappa shape index (κ2) is 11.0. The molecule has 0 aliphatic heterocycles. The molecule has 0 N–H and O–H groups in total. The first kappa shape index (κ1) is 20.4. The van der Waals surface area contributed by atoms with Crippen LogP contribution in [0.15, 0.2) is 5.57 Å². The highest BCUT2D eigenvalue weighted by atomic mass is 127. The van der Waals surface area contributed by atoms with Crippen molar-refractivity contribution < 1.29 is 4.79 Å². The third-order valence-corrected chi connectivity index (χ3v) is 3.04. The smallest absolute Gasteiger partial charge is 0.123 e. The standard InChI is InChI=1S/C12H23IN2O.C2H6/c1-11(10-16)6-7-15(12(2,3)4)9-8-14(5)13;1-2/h6-9H2,1-5H3;1-2H3. The molecule has 108 valence electrons. The third kappa shape index (κ3) is 11.2. The van der Waals surface area contributed by atoms with Crippen molar-refractivity contribution in [2.45, 2.75) is 53.5 Å². The molecular weight excluding hydrogens is 339 g/mol. The Kier molecular flexibility index (Phi) is 12.4. The van der Waals surface area contributed by atoms with Crippen LogP contribution in [0.2, 0.25) is 0 Å². The molecule has 0 aromatic heterocycles. The number of likely N-dealkylation sites (N-methyl/N-ethyl adjacent to an activating group) is 1. The molecule has 0 saturated heterocycles. The van der Waals surface area contributed by atoms with Crippen molar-refractivity contribution in [2.75, 3.05) is 26.7 Å². The van der Waals surface area contributed by atoms with Crippen molar-refractivity contribution in [2.24, 2.45) is 0 Å². The van der Waals surface area contributed by atoms with Crippen LogP contribution < -0.4 is 0 Å². The van der Waals surface area contributed by atoms with Gasteiger partial charge in [-0.2, -0.15) is 0 Å². The van der Waals surface area contributed by atoms with Crippen molar-refractivity contribution in [1.29, 1.82) is 0 Å². The summed E-state index contributed by atoms with van der Waals surface area (Å²) in [5.74, 6) is 1.96. The third-order valence-electron chi connectivity index (χ3n) is 2.56. The Hall–Kier alpha value is 0.1000. The monoisotopic (exact) mass is 368 g/mol. The van der Waals surface area contributed by atoms with E-state index >= 15 is 0 Å². The van der Waals surface area contributed by atoms with Gasteiger partial charge in [0.25, 0.3) is 0 Å². The molecule has 0 radical (unpaired) electrons. The van der Waals surface area contributed by atoms with Crippen LogP contribution in [-0.2, 0) is 4.79 Å². The van der Waals surface area contributed by atoms with E-state index in [0.717, 1.165) is 31.6 Å². The molecule has 3 nitrogen and oxygen atoms in total. The summed E-state index contributed by atoms with van der Waals surface area (Å²) in [7, 11) is 2.07. The van der Waals surface area contributed by atoms with Crippen LogP contribution in [0, 0.1) is 0 Å². The SMILES string of the molecule is CC.CC(=C=O)CCN(CCN(C)I)C(C)(C)C. The highest BCUT2D eigenvalue weighted by Gasteiger charge is 2.20. The Morgan fingerprint density at radius 1 is 1.17 bits per heavy atom. The van der Waals surface area contributed by atoms with E-state index in [1.54, 1.807) is 0 Å². The summed E-state index contributed by atoms with van der Waals surface area (Å²) in [6, 6.07) is 0. The fourth-order valence-electron chi connectivity index (χ4n) is 1.39. The fraction of sp³-hybridized carbons (Fsp3) is 0.857. The molecule has 0 spiro atoms. The van der Waals surface area contributed by atoms with Crippen LogP contribution in [0.25, 0.3) is 0 Å². The zero-order chi connectivity index (χ0) is 14.8. The Labute approximate surface area is 127 Å². The lowest BCUT2D eigenvalue weighted by atomic mass is 10.0. The van der Waals surface area contributed by atoms with Gasteiger partial charge in [0, 0.05) is 53.6 Å². The van der Waals surface area contributed by atoms with Gasteiger partial charge in [-0.1, -0.05) is 13.8 Å². The second-order valence-electron chi connectivity index (χ2n) is 5.12. The maximum Gasteiger partial charge on any atom is 0.123 e. The van der Waals surface area contributed by atoms with Gasteiger partial charge in [-0.05, 0) is 41.2 Å². The van der Waals surface area contributed by atoms with Crippen molar-refractivity contribution >= 4 is 28.8 Å². The molecule has 18 heavy (non-hydrogen) atoms. The molecule has 0 bridgehead atoms. The van der Waals surface area contributed by atoms with Crippen molar-refractivity contribution in [1.82, 2.24) is 8.01 Å². The Morgan fingerprint density at radius 2 is 1.67 bits per heavy atom. The van der Waals surface area contributed by atoms with Gasteiger partial charge in [0.15, 0.2) is 0 Å². The van der Waals surface area contributed by atoms with Gasteiger partial charge in [-0.25, -0.2) is 7.91 Å². The summed E-state index contributed by atoms with van der Waals surface area (Å²) in [4.78, 5) is 12.8. The number of carbonyl (C=O) groups excluding carboxylic acids is 1. The Balaban J connectivity index is 0. The van der Waals surface area contributed by atoms with Crippen LogP contribution in [0.5, 0.6) is 0 Å². The topological polar surface area (TPSA) is 23.6 Å². The summed E-state index contributed by atoms with van der Waals surface area (Å²) in [6.45, 7) is 15.4. The molecular formula is C14H29IN2O. The zero-order valence-electron chi connectivity index (χ0n) is 13.0.